The van der Waals surface area contributed by atoms with Gasteiger partial charge in [0.15, 0.2) is 0 Å². The Labute approximate surface area is 153 Å². The first-order valence-electron chi connectivity index (χ1n) is 8.21. The molecule has 1 aromatic carbocycles. The van der Waals surface area contributed by atoms with Gasteiger partial charge in [-0.1, -0.05) is 17.7 Å². The average Bonchev–Trinajstić information content (AvgIpc) is 2.61. The highest BCUT2D eigenvalue weighted by molar-refractivity contribution is 7.89. The summed E-state index contributed by atoms with van der Waals surface area (Å²) in [6, 6.07) is 4.54. The fourth-order valence-corrected chi connectivity index (χ4v) is 4.71. The molecule has 0 radical (unpaired) electrons. The van der Waals surface area contributed by atoms with Crippen molar-refractivity contribution in [2.75, 3.05) is 26.2 Å². The summed E-state index contributed by atoms with van der Waals surface area (Å²) in [4.78, 5) is 12.2. The van der Waals surface area contributed by atoms with Crippen molar-refractivity contribution in [3.05, 3.63) is 35.9 Å². The van der Waals surface area contributed by atoms with Crippen LogP contribution in [0.3, 0.4) is 0 Å². The molecule has 0 aliphatic carbocycles. The summed E-state index contributed by atoms with van der Waals surface area (Å²) in [5.41, 5.74) is 0. The predicted octanol–water partition coefficient (Wildman–Crippen LogP) is 2.44. The molecular formula is C17H23ClN2O4S. The summed E-state index contributed by atoms with van der Waals surface area (Å²) in [6.45, 7) is 6.56. The molecule has 0 aromatic heterocycles. The van der Waals surface area contributed by atoms with E-state index in [1.165, 1.54) is 10.4 Å². The lowest BCUT2D eigenvalue weighted by molar-refractivity contribution is -0.125. The highest BCUT2D eigenvalue weighted by Crippen LogP contribution is 2.32. The number of ether oxygens (including phenoxy) is 1. The van der Waals surface area contributed by atoms with Crippen molar-refractivity contribution in [1.29, 1.82) is 0 Å². The number of piperidine rings is 1. The maximum absolute atomic E-state index is 13.1. The molecule has 1 saturated heterocycles. The van der Waals surface area contributed by atoms with Gasteiger partial charge in [0.05, 0.1) is 12.5 Å². The lowest BCUT2D eigenvalue weighted by atomic mass is 9.99. The van der Waals surface area contributed by atoms with Gasteiger partial charge in [0.2, 0.25) is 15.9 Å². The largest absolute Gasteiger partial charge is 0.492 e. The number of hydrogen-bond acceptors (Lipinski definition) is 4. The molecule has 1 unspecified atom stereocenters. The highest BCUT2D eigenvalue weighted by Gasteiger charge is 2.34. The van der Waals surface area contributed by atoms with Crippen LogP contribution >= 0.6 is 11.6 Å². The molecule has 1 amide bonds. The number of nitrogens with zero attached hydrogens (tertiary/aromatic N) is 1. The number of amides is 1. The minimum absolute atomic E-state index is 0.0361. The smallest absolute Gasteiger partial charge is 0.246 e. The summed E-state index contributed by atoms with van der Waals surface area (Å²) in [7, 11) is -3.80. The quantitative estimate of drug-likeness (QED) is 0.730. The number of hydrogen-bond donors (Lipinski definition) is 1. The van der Waals surface area contributed by atoms with Gasteiger partial charge in [-0.25, -0.2) is 8.42 Å². The third-order valence-corrected chi connectivity index (χ3v) is 6.12. The monoisotopic (exact) mass is 386 g/mol. The van der Waals surface area contributed by atoms with Crippen LogP contribution in [0, 0.1) is 5.92 Å². The van der Waals surface area contributed by atoms with Crippen molar-refractivity contribution < 1.29 is 17.9 Å². The Hall–Kier alpha value is -1.57. The third-order valence-electron chi connectivity index (χ3n) is 4.00. The Morgan fingerprint density at radius 3 is 2.96 bits per heavy atom. The van der Waals surface area contributed by atoms with Crippen molar-refractivity contribution in [2.24, 2.45) is 5.92 Å². The molecule has 25 heavy (non-hydrogen) atoms. The Bertz CT molecular complexity index is 736. The number of rotatable bonds is 7. The zero-order valence-electron chi connectivity index (χ0n) is 14.2. The fourth-order valence-electron chi connectivity index (χ4n) is 2.79. The number of nitrogens with one attached hydrogen (secondary N) is 1. The summed E-state index contributed by atoms with van der Waals surface area (Å²) >= 11 is 5.99. The molecule has 0 saturated carbocycles. The molecule has 1 aromatic rings. The van der Waals surface area contributed by atoms with E-state index in [2.05, 4.69) is 11.9 Å². The van der Waals surface area contributed by atoms with E-state index in [1.54, 1.807) is 25.1 Å². The summed E-state index contributed by atoms with van der Waals surface area (Å²) in [6.07, 6.45) is 2.87. The molecular weight excluding hydrogens is 364 g/mol. The van der Waals surface area contributed by atoms with Crippen LogP contribution in [-0.4, -0.2) is 44.9 Å². The van der Waals surface area contributed by atoms with Crippen molar-refractivity contribution in [1.82, 2.24) is 9.62 Å². The third kappa shape index (κ3) is 4.74. The second-order valence-electron chi connectivity index (χ2n) is 5.76. The molecule has 0 spiro atoms. The number of carbonyl (C=O) groups is 1. The fraction of sp³-hybridized carbons (Fsp3) is 0.471. The molecule has 1 fully saturated rings. The standard InChI is InChI=1S/C17H23ClN2O4S/c1-3-9-19-17(21)13-6-5-10-20(12-13)25(22,23)16-11-14(18)7-8-15(16)24-4-2/h3,7-8,11,13H,1,4-6,9-10,12H2,2H3,(H,19,21). The van der Waals surface area contributed by atoms with Crippen LogP contribution in [0.5, 0.6) is 5.75 Å². The molecule has 0 bridgehead atoms. The van der Waals surface area contributed by atoms with Crippen LogP contribution in [0.4, 0.5) is 0 Å². The topological polar surface area (TPSA) is 75.7 Å². The zero-order valence-corrected chi connectivity index (χ0v) is 15.8. The van der Waals surface area contributed by atoms with Crippen molar-refractivity contribution in [3.63, 3.8) is 0 Å². The maximum Gasteiger partial charge on any atom is 0.246 e. The van der Waals surface area contributed by atoms with Gasteiger partial charge in [-0.2, -0.15) is 4.31 Å². The van der Waals surface area contributed by atoms with Gasteiger partial charge in [0.25, 0.3) is 0 Å². The molecule has 1 atom stereocenters. The summed E-state index contributed by atoms with van der Waals surface area (Å²) in [5, 5.41) is 3.05. The average molecular weight is 387 g/mol. The van der Waals surface area contributed by atoms with Gasteiger partial charge < -0.3 is 10.1 Å². The number of carbonyl (C=O) groups excluding carboxylic acids is 1. The molecule has 1 N–H and O–H groups in total. The number of halogens is 1. The molecule has 8 heteroatoms. The predicted molar refractivity (Wildman–Crippen MR) is 97.3 cm³/mol. The van der Waals surface area contributed by atoms with E-state index in [-0.39, 0.29) is 29.0 Å². The number of sulfonamides is 1. The van der Waals surface area contributed by atoms with Crippen LogP contribution in [0.15, 0.2) is 35.7 Å². The van der Waals surface area contributed by atoms with Crippen molar-refractivity contribution in [3.8, 4) is 5.75 Å². The normalized spacial score (nSPS) is 18.6. The maximum atomic E-state index is 13.1. The first-order chi connectivity index (χ1) is 11.9. The van der Waals surface area contributed by atoms with Gasteiger partial charge >= 0.3 is 0 Å². The summed E-state index contributed by atoms with van der Waals surface area (Å²) < 4.78 is 32.9. The van der Waals surface area contributed by atoms with Crippen LogP contribution in [0.25, 0.3) is 0 Å². The van der Waals surface area contributed by atoms with E-state index in [1.807, 2.05) is 0 Å². The Morgan fingerprint density at radius 2 is 2.28 bits per heavy atom. The molecule has 1 aliphatic heterocycles. The van der Waals surface area contributed by atoms with Crippen LogP contribution < -0.4 is 10.1 Å². The number of benzene rings is 1. The highest BCUT2D eigenvalue weighted by atomic mass is 35.5. The van der Waals surface area contributed by atoms with E-state index in [0.29, 0.717) is 37.6 Å². The first kappa shape index (κ1) is 19.8. The van der Waals surface area contributed by atoms with Gasteiger partial charge in [-0.05, 0) is 38.0 Å². The molecule has 138 valence electrons. The first-order valence-corrected chi connectivity index (χ1v) is 10.0. The van der Waals surface area contributed by atoms with Gasteiger partial charge in [-0.15, -0.1) is 6.58 Å². The van der Waals surface area contributed by atoms with Gasteiger partial charge in [-0.3, -0.25) is 4.79 Å². The second kappa shape index (κ2) is 8.69. The van der Waals surface area contributed by atoms with Gasteiger partial charge in [0.1, 0.15) is 10.6 Å². The van der Waals surface area contributed by atoms with E-state index in [9.17, 15) is 13.2 Å². The van der Waals surface area contributed by atoms with E-state index < -0.39 is 10.0 Å². The Kier molecular flexibility index (Phi) is 6.87. The zero-order chi connectivity index (χ0) is 18.4. The molecule has 2 rings (SSSR count). The molecule has 6 nitrogen and oxygen atoms in total. The van der Waals surface area contributed by atoms with Crippen LogP contribution in [0.1, 0.15) is 19.8 Å². The van der Waals surface area contributed by atoms with Crippen molar-refractivity contribution in [2.45, 2.75) is 24.7 Å². The Balaban J connectivity index is 2.25. The van der Waals surface area contributed by atoms with Crippen LogP contribution in [0.2, 0.25) is 5.02 Å². The van der Waals surface area contributed by atoms with Crippen molar-refractivity contribution >= 4 is 27.5 Å². The van der Waals surface area contributed by atoms with Gasteiger partial charge in [0, 0.05) is 24.7 Å². The molecule has 1 heterocycles. The van der Waals surface area contributed by atoms with E-state index in [4.69, 9.17) is 16.3 Å². The second-order valence-corrected chi connectivity index (χ2v) is 8.10. The minimum Gasteiger partial charge on any atom is -0.492 e. The lowest BCUT2D eigenvalue weighted by Gasteiger charge is -2.31. The van der Waals surface area contributed by atoms with E-state index in [0.717, 1.165) is 0 Å². The SMILES string of the molecule is C=CCNC(=O)C1CCCN(S(=O)(=O)c2cc(Cl)ccc2OCC)C1. The Morgan fingerprint density at radius 1 is 1.52 bits per heavy atom. The van der Waals surface area contributed by atoms with E-state index >= 15 is 0 Å². The summed E-state index contributed by atoms with van der Waals surface area (Å²) in [5.74, 6) is -0.265. The lowest BCUT2D eigenvalue weighted by Crippen LogP contribution is -2.45. The minimum atomic E-state index is -3.80. The van der Waals surface area contributed by atoms with Crippen LogP contribution in [-0.2, 0) is 14.8 Å². The molecule has 1 aliphatic rings.